The molecule has 1 amide bonds. The van der Waals surface area contributed by atoms with E-state index in [2.05, 4.69) is 22.9 Å². The maximum atomic E-state index is 12.7. The van der Waals surface area contributed by atoms with Crippen LogP contribution >= 0.6 is 15.9 Å². The summed E-state index contributed by atoms with van der Waals surface area (Å²) in [5.74, 6) is 1.05. The summed E-state index contributed by atoms with van der Waals surface area (Å²) >= 11 is 3.40. The first kappa shape index (κ1) is 16.8. The first-order valence-electron chi connectivity index (χ1n) is 6.75. The minimum absolute atomic E-state index is 0.0198. The van der Waals surface area contributed by atoms with Crippen molar-refractivity contribution in [1.29, 1.82) is 0 Å². The number of methoxy groups -OCH3 is 2. The maximum Gasteiger partial charge on any atom is 0.257 e. The molecule has 1 aromatic rings. The number of nitrogens with zero attached hydrogens (tertiary/aromatic N) is 1. The Morgan fingerprint density at radius 3 is 2.55 bits per heavy atom. The van der Waals surface area contributed by atoms with E-state index in [0.717, 1.165) is 24.7 Å². The van der Waals surface area contributed by atoms with E-state index in [1.165, 1.54) is 0 Å². The number of alkyl halides is 1. The third-order valence-corrected chi connectivity index (χ3v) is 3.41. The van der Waals surface area contributed by atoms with E-state index < -0.39 is 0 Å². The van der Waals surface area contributed by atoms with Crippen molar-refractivity contribution < 1.29 is 14.3 Å². The topological polar surface area (TPSA) is 38.8 Å². The zero-order valence-electron chi connectivity index (χ0n) is 12.3. The standard InChI is InChI=1S/C15H22BrNO3/c1-4-5-10-17(11-9-16)15(18)12-7-6-8-13(19-2)14(12)20-3/h6-8H,4-5,9-11H2,1-3H3. The number of unbranched alkanes of at least 4 members (excludes halogenated alkanes) is 1. The Morgan fingerprint density at radius 1 is 1.25 bits per heavy atom. The number of hydrogen-bond donors (Lipinski definition) is 0. The predicted octanol–water partition coefficient (Wildman–Crippen LogP) is 3.34. The van der Waals surface area contributed by atoms with E-state index >= 15 is 0 Å². The highest BCUT2D eigenvalue weighted by molar-refractivity contribution is 9.09. The highest BCUT2D eigenvalue weighted by Gasteiger charge is 2.21. The van der Waals surface area contributed by atoms with Gasteiger partial charge >= 0.3 is 0 Å². The average molecular weight is 344 g/mol. The highest BCUT2D eigenvalue weighted by atomic mass is 79.9. The van der Waals surface area contributed by atoms with Gasteiger partial charge in [-0.3, -0.25) is 4.79 Å². The molecule has 0 aliphatic carbocycles. The number of para-hydroxylation sites is 1. The Bertz CT molecular complexity index is 437. The second kappa shape index (κ2) is 8.84. The molecular weight excluding hydrogens is 322 g/mol. The van der Waals surface area contributed by atoms with Crippen LogP contribution in [0.25, 0.3) is 0 Å². The molecule has 0 aromatic heterocycles. The van der Waals surface area contributed by atoms with Gasteiger partial charge in [-0.2, -0.15) is 0 Å². The minimum atomic E-state index is -0.0198. The molecule has 0 unspecified atom stereocenters. The van der Waals surface area contributed by atoms with Crippen molar-refractivity contribution in [2.75, 3.05) is 32.6 Å². The number of carbonyl (C=O) groups is 1. The molecule has 0 spiro atoms. The lowest BCUT2D eigenvalue weighted by atomic mass is 10.1. The number of ether oxygens (including phenoxy) is 2. The number of benzene rings is 1. The van der Waals surface area contributed by atoms with Crippen LogP contribution in [-0.4, -0.2) is 43.4 Å². The molecule has 0 radical (unpaired) electrons. The van der Waals surface area contributed by atoms with Crippen molar-refractivity contribution in [2.45, 2.75) is 19.8 Å². The van der Waals surface area contributed by atoms with Gasteiger partial charge < -0.3 is 14.4 Å². The van der Waals surface area contributed by atoms with E-state index in [9.17, 15) is 4.79 Å². The average Bonchev–Trinajstić information content (AvgIpc) is 2.49. The lowest BCUT2D eigenvalue weighted by Gasteiger charge is -2.23. The lowest BCUT2D eigenvalue weighted by molar-refractivity contribution is 0.0760. The first-order chi connectivity index (χ1) is 9.69. The molecule has 0 heterocycles. The molecule has 1 aromatic carbocycles. The summed E-state index contributed by atoms with van der Waals surface area (Å²) in [6.07, 6.45) is 2.05. The van der Waals surface area contributed by atoms with Crippen molar-refractivity contribution in [3.63, 3.8) is 0 Å². The Hall–Kier alpha value is -1.23. The van der Waals surface area contributed by atoms with Gasteiger partial charge in [0.1, 0.15) is 0 Å². The lowest BCUT2D eigenvalue weighted by Crippen LogP contribution is -2.33. The number of halogens is 1. The second-order valence-electron chi connectivity index (χ2n) is 4.38. The van der Waals surface area contributed by atoms with Crippen LogP contribution in [0.3, 0.4) is 0 Å². The van der Waals surface area contributed by atoms with Crippen molar-refractivity contribution in [1.82, 2.24) is 4.90 Å². The third kappa shape index (κ3) is 4.13. The number of amides is 1. The van der Waals surface area contributed by atoms with Gasteiger partial charge in [0, 0.05) is 18.4 Å². The Balaban J connectivity index is 3.04. The van der Waals surface area contributed by atoms with E-state index in [1.807, 2.05) is 4.90 Å². The fourth-order valence-electron chi connectivity index (χ4n) is 1.99. The summed E-state index contributed by atoms with van der Waals surface area (Å²) in [6.45, 7) is 3.55. The highest BCUT2D eigenvalue weighted by Crippen LogP contribution is 2.31. The normalized spacial score (nSPS) is 10.2. The molecule has 0 bridgehead atoms. The number of hydrogen-bond acceptors (Lipinski definition) is 3. The van der Waals surface area contributed by atoms with E-state index in [-0.39, 0.29) is 5.91 Å². The summed E-state index contributed by atoms with van der Waals surface area (Å²) < 4.78 is 10.6. The molecule has 0 saturated carbocycles. The molecule has 0 saturated heterocycles. The molecule has 112 valence electrons. The largest absolute Gasteiger partial charge is 0.493 e. The van der Waals surface area contributed by atoms with E-state index in [4.69, 9.17) is 9.47 Å². The Morgan fingerprint density at radius 2 is 2.00 bits per heavy atom. The van der Waals surface area contributed by atoms with E-state index in [1.54, 1.807) is 32.4 Å². The van der Waals surface area contributed by atoms with Crippen molar-refractivity contribution in [3.8, 4) is 11.5 Å². The Labute approximate surface area is 129 Å². The van der Waals surface area contributed by atoms with Gasteiger partial charge in [-0.25, -0.2) is 0 Å². The quantitative estimate of drug-likeness (QED) is 0.679. The molecular formula is C15H22BrNO3. The SMILES string of the molecule is CCCCN(CCBr)C(=O)c1cccc(OC)c1OC. The minimum Gasteiger partial charge on any atom is -0.493 e. The van der Waals surface area contributed by atoms with Crippen molar-refractivity contribution in [2.24, 2.45) is 0 Å². The van der Waals surface area contributed by atoms with Gasteiger partial charge in [-0.05, 0) is 18.6 Å². The summed E-state index contributed by atoms with van der Waals surface area (Å²) in [6, 6.07) is 5.37. The van der Waals surface area contributed by atoms with E-state index in [0.29, 0.717) is 23.6 Å². The summed E-state index contributed by atoms with van der Waals surface area (Å²) in [5, 5.41) is 0.759. The van der Waals surface area contributed by atoms with Gasteiger partial charge in [0.2, 0.25) is 0 Å². The molecule has 0 aliphatic rings. The number of rotatable bonds is 8. The fraction of sp³-hybridized carbons (Fsp3) is 0.533. The van der Waals surface area contributed by atoms with Crippen LogP contribution < -0.4 is 9.47 Å². The summed E-state index contributed by atoms with van der Waals surface area (Å²) in [4.78, 5) is 14.5. The number of carbonyl (C=O) groups excluding carboxylic acids is 1. The smallest absolute Gasteiger partial charge is 0.257 e. The van der Waals surface area contributed by atoms with Gasteiger partial charge in [0.15, 0.2) is 11.5 Å². The van der Waals surface area contributed by atoms with Crippen LogP contribution in [0.2, 0.25) is 0 Å². The monoisotopic (exact) mass is 343 g/mol. The van der Waals surface area contributed by atoms with Gasteiger partial charge in [0.25, 0.3) is 5.91 Å². The predicted molar refractivity (Wildman–Crippen MR) is 84.2 cm³/mol. The van der Waals surface area contributed by atoms with Crippen LogP contribution in [0, 0.1) is 0 Å². The molecule has 0 N–H and O–H groups in total. The molecule has 4 nitrogen and oxygen atoms in total. The summed E-state index contributed by atoms with van der Waals surface area (Å²) in [5.41, 5.74) is 0.545. The van der Waals surface area contributed by atoms with Crippen molar-refractivity contribution in [3.05, 3.63) is 23.8 Å². The van der Waals surface area contributed by atoms with Crippen LogP contribution in [0.15, 0.2) is 18.2 Å². The Kier molecular flexibility index (Phi) is 7.44. The molecule has 20 heavy (non-hydrogen) atoms. The van der Waals surface area contributed by atoms with Gasteiger partial charge in [-0.1, -0.05) is 35.3 Å². The molecule has 5 heteroatoms. The molecule has 0 fully saturated rings. The molecule has 0 aliphatic heterocycles. The second-order valence-corrected chi connectivity index (χ2v) is 5.17. The van der Waals surface area contributed by atoms with Crippen LogP contribution in [-0.2, 0) is 0 Å². The van der Waals surface area contributed by atoms with Crippen LogP contribution in [0.1, 0.15) is 30.1 Å². The first-order valence-corrected chi connectivity index (χ1v) is 7.87. The summed E-state index contributed by atoms with van der Waals surface area (Å²) in [7, 11) is 3.12. The van der Waals surface area contributed by atoms with Crippen LogP contribution in [0.5, 0.6) is 11.5 Å². The van der Waals surface area contributed by atoms with Gasteiger partial charge in [-0.15, -0.1) is 0 Å². The zero-order chi connectivity index (χ0) is 15.0. The van der Waals surface area contributed by atoms with Gasteiger partial charge in [0.05, 0.1) is 19.8 Å². The van der Waals surface area contributed by atoms with Crippen molar-refractivity contribution >= 4 is 21.8 Å². The molecule has 0 atom stereocenters. The fourth-order valence-corrected chi connectivity index (χ4v) is 2.42. The van der Waals surface area contributed by atoms with Crippen LogP contribution in [0.4, 0.5) is 0 Å². The zero-order valence-corrected chi connectivity index (χ0v) is 13.9. The third-order valence-electron chi connectivity index (χ3n) is 3.06. The molecule has 1 rings (SSSR count). The maximum absolute atomic E-state index is 12.7.